The highest BCUT2D eigenvalue weighted by atomic mass is 15.2. The summed E-state index contributed by atoms with van der Waals surface area (Å²) in [4.78, 5) is 4.97. The lowest BCUT2D eigenvalue weighted by Gasteiger charge is -2.32. The van der Waals surface area contributed by atoms with Crippen LogP contribution < -0.4 is 0 Å². The van der Waals surface area contributed by atoms with Crippen molar-refractivity contribution in [1.82, 2.24) is 9.80 Å². The molecule has 0 saturated carbocycles. The molecule has 0 amide bonds. The average Bonchev–Trinajstić information content (AvgIpc) is 2.42. The van der Waals surface area contributed by atoms with Gasteiger partial charge < -0.3 is 4.90 Å². The van der Waals surface area contributed by atoms with Crippen LogP contribution in [0.25, 0.3) is 0 Å². The predicted octanol–water partition coefficient (Wildman–Crippen LogP) is 3.34. The van der Waals surface area contributed by atoms with Crippen molar-refractivity contribution in [1.29, 1.82) is 0 Å². The Labute approximate surface area is 118 Å². The standard InChI is InChI=1S/C17H28N2/c1-4-5-15(2)17-8-6-16(7-9-17)14-19-12-10-18(3)11-13-19/h6-9,15H,4-5,10-14H2,1-3H3. The van der Waals surface area contributed by atoms with Gasteiger partial charge in [0.15, 0.2) is 0 Å². The minimum Gasteiger partial charge on any atom is -0.304 e. The summed E-state index contributed by atoms with van der Waals surface area (Å²) in [6.07, 6.45) is 2.56. The highest BCUT2D eigenvalue weighted by molar-refractivity contribution is 5.25. The Morgan fingerprint density at radius 1 is 1.05 bits per heavy atom. The zero-order valence-electron chi connectivity index (χ0n) is 12.7. The lowest BCUT2D eigenvalue weighted by Crippen LogP contribution is -2.43. The molecule has 2 rings (SSSR count). The summed E-state index contributed by atoms with van der Waals surface area (Å²) in [5.74, 6) is 0.697. The molecule has 1 atom stereocenters. The van der Waals surface area contributed by atoms with Crippen molar-refractivity contribution >= 4 is 0 Å². The Bertz CT molecular complexity index is 363. The van der Waals surface area contributed by atoms with Crippen LogP contribution >= 0.6 is 0 Å². The first-order valence-electron chi connectivity index (χ1n) is 7.68. The van der Waals surface area contributed by atoms with E-state index < -0.39 is 0 Å². The molecule has 1 fully saturated rings. The maximum absolute atomic E-state index is 2.56. The van der Waals surface area contributed by atoms with E-state index in [0.717, 1.165) is 6.54 Å². The zero-order chi connectivity index (χ0) is 13.7. The third-order valence-electron chi connectivity index (χ3n) is 4.27. The summed E-state index contributed by atoms with van der Waals surface area (Å²) in [5, 5.41) is 0. The van der Waals surface area contributed by atoms with E-state index in [4.69, 9.17) is 0 Å². The van der Waals surface area contributed by atoms with Crippen LogP contribution in [0.2, 0.25) is 0 Å². The number of hydrogen-bond donors (Lipinski definition) is 0. The normalized spacial score (nSPS) is 19.5. The van der Waals surface area contributed by atoms with Crippen LogP contribution in [-0.4, -0.2) is 43.0 Å². The van der Waals surface area contributed by atoms with Gasteiger partial charge in [-0.15, -0.1) is 0 Å². The van der Waals surface area contributed by atoms with Crippen molar-refractivity contribution in [2.75, 3.05) is 33.2 Å². The van der Waals surface area contributed by atoms with Crippen LogP contribution in [0.5, 0.6) is 0 Å². The van der Waals surface area contributed by atoms with Gasteiger partial charge in [0.1, 0.15) is 0 Å². The summed E-state index contributed by atoms with van der Waals surface area (Å²) in [6.45, 7) is 10.5. The van der Waals surface area contributed by atoms with Crippen LogP contribution in [-0.2, 0) is 6.54 Å². The first kappa shape index (κ1) is 14.5. The van der Waals surface area contributed by atoms with Crippen molar-refractivity contribution in [2.45, 2.75) is 39.2 Å². The molecule has 1 saturated heterocycles. The highest BCUT2D eigenvalue weighted by Crippen LogP contribution is 2.21. The summed E-state index contributed by atoms with van der Waals surface area (Å²) in [7, 11) is 2.21. The van der Waals surface area contributed by atoms with E-state index in [9.17, 15) is 0 Å². The molecule has 0 bridgehead atoms. The molecule has 106 valence electrons. The Balaban J connectivity index is 1.88. The molecule has 0 radical (unpaired) electrons. The molecule has 0 N–H and O–H groups in total. The van der Waals surface area contributed by atoms with Gasteiger partial charge in [0.2, 0.25) is 0 Å². The highest BCUT2D eigenvalue weighted by Gasteiger charge is 2.13. The Hall–Kier alpha value is -0.860. The number of hydrogen-bond acceptors (Lipinski definition) is 2. The minimum absolute atomic E-state index is 0.697. The minimum atomic E-state index is 0.697. The second-order valence-electron chi connectivity index (χ2n) is 6.01. The molecular weight excluding hydrogens is 232 g/mol. The van der Waals surface area contributed by atoms with Crippen molar-refractivity contribution < 1.29 is 0 Å². The Kier molecular flexibility index (Phi) is 5.41. The molecule has 1 aromatic rings. The molecule has 1 aromatic carbocycles. The monoisotopic (exact) mass is 260 g/mol. The van der Waals surface area contributed by atoms with Crippen molar-refractivity contribution in [3.63, 3.8) is 0 Å². The van der Waals surface area contributed by atoms with Gasteiger partial charge in [0.05, 0.1) is 0 Å². The van der Waals surface area contributed by atoms with Crippen molar-refractivity contribution in [3.8, 4) is 0 Å². The number of rotatable bonds is 5. The SMILES string of the molecule is CCCC(C)c1ccc(CN2CCN(C)CC2)cc1. The van der Waals surface area contributed by atoms with Gasteiger partial charge in [0.25, 0.3) is 0 Å². The van der Waals surface area contributed by atoms with E-state index >= 15 is 0 Å². The fourth-order valence-electron chi connectivity index (χ4n) is 2.82. The summed E-state index contributed by atoms with van der Waals surface area (Å²) < 4.78 is 0. The second kappa shape index (κ2) is 7.06. The topological polar surface area (TPSA) is 6.48 Å². The largest absolute Gasteiger partial charge is 0.304 e. The smallest absolute Gasteiger partial charge is 0.0234 e. The predicted molar refractivity (Wildman–Crippen MR) is 82.5 cm³/mol. The van der Waals surface area contributed by atoms with Crippen LogP contribution in [0.15, 0.2) is 24.3 Å². The van der Waals surface area contributed by atoms with E-state index in [1.54, 1.807) is 0 Å². The molecule has 0 aliphatic carbocycles. The maximum atomic E-state index is 2.56. The fourth-order valence-corrected chi connectivity index (χ4v) is 2.82. The molecule has 1 aliphatic heterocycles. The van der Waals surface area contributed by atoms with E-state index in [1.165, 1.54) is 50.1 Å². The molecule has 0 aromatic heterocycles. The van der Waals surface area contributed by atoms with Crippen molar-refractivity contribution in [2.24, 2.45) is 0 Å². The Morgan fingerprint density at radius 3 is 2.26 bits per heavy atom. The first-order valence-corrected chi connectivity index (χ1v) is 7.68. The quantitative estimate of drug-likeness (QED) is 0.801. The van der Waals surface area contributed by atoms with E-state index in [2.05, 4.69) is 55.0 Å². The molecular formula is C17H28N2. The molecule has 2 heteroatoms. The zero-order valence-corrected chi connectivity index (χ0v) is 12.7. The molecule has 1 heterocycles. The third-order valence-corrected chi connectivity index (χ3v) is 4.27. The van der Waals surface area contributed by atoms with Gasteiger partial charge in [-0.3, -0.25) is 4.90 Å². The molecule has 1 unspecified atom stereocenters. The van der Waals surface area contributed by atoms with Gasteiger partial charge in [0, 0.05) is 32.7 Å². The molecule has 1 aliphatic rings. The lowest BCUT2D eigenvalue weighted by atomic mass is 9.95. The van der Waals surface area contributed by atoms with Crippen LogP contribution in [0.4, 0.5) is 0 Å². The fraction of sp³-hybridized carbons (Fsp3) is 0.647. The average molecular weight is 260 g/mol. The second-order valence-corrected chi connectivity index (χ2v) is 6.01. The Morgan fingerprint density at radius 2 is 1.68 bits per heavy atom. The van der Waals surface area contributed by atoms with Crippen molar-refractivity contribution in [3.05, 3.63) is 35.4 Å². The third kappa shape index (κ3) is 4.32. The van der Waals surface area contributed by atoms with Crippen LogP contribution in [0.3, 0.4) is 0 Å². The van der Waals surface area contributed by atoms with E-state index in [0.29, 0.717) is 5.92 Å². The van der Waals surface area contributed by atoms with Gasteiger partial charge in [-0.2, -0.15) is 0 Å². The molecule has 2 nitrogen and oxygen atoms in total. The van der Waals surface area contributed by atoms with E-state index in [-0.39, 0.29) is 0 Å². The van der Waals surface area contributed by atoms with Gasteiger partial charge >= 0.3 is 0 Å². The number of piperazine rings is 1. The summed E-state index contributed by atoms with van der Waals surface area (Å²) in [5.41, 5.74) is 2.95. The van der Waals surface area contributed by atoms with Crippen LogP contribution in [0, 0.1) is 0 Å². The van der Waals surface area contributed by atoms with Crippen LogP contribution in [0.1, 0.15) is 43.7 Å². The lowest BCUT2D eigenvalue weighted by molar-refractivity contribution is 0.148. The van der Waals surface area contributed by atoms with Gasteiger partial charge in [-0.05, 0) is 30.5 Å². The molecule has 19 heavy (non-hydrogen) atoms. The summed E-state index contributed by atoms with van der Waals surface area (Å²) in [6, 6.07) is 9.29. The van der Waals surface area contributed by atoms with E-state index in [1.807, 2.05) is 0 Å². The number of nitrogens with zero attached hydrogens (tertiary/aromatic N) is 2. The number of benzene rings is 1. The molecule has 0 spiro atoms. The van der Waals surface area contributed by atoms with Gasteiger partial charge in [-0.1, -0.05) is 44.5 Å². The number of likely N-dealkylation sites (N-methyl/N-ethyl adjacent to an activating group) is 1. The first-order chi connectivity index (χ1) is 9.19. The van der Waals surface area contributed by atoms with Gasteiger partial charge in [-0.25, -0.2) is 0 Å². The summed E-state index contributed by atoms with van der Waals surface area (Å²) >= 11 is 0. The maximum Gasteiger partial charge on any atom is 0.0234 e.